The van der Waals surface area contributed by atoms with Crippen LogP contribution >= 0.6 is 0 Å². The van der Waals surface area contributed by atoms with E-state index >= 15 is 0 Å². The maximum absolute atomic E-state index is 3.36. The summed E-state index contributed by atoms with van der Waals surface area (Å²) < 4.78 is 0. The topological polar surface area (TPSA) is 0 Å². The van der Waals surface area contributed by atoms with Gasteiger partial charge in [0.2, 0.25) is 0 Å². The maximum atomic E-state index is 3.36. The molecule has 0 aliphatic heterocycles. The van der Waals surface area contributed by atoms with Crippen molar-refractivity contribution in [3.8, 4) is 0 Å². The molecule has 0 unspecified atom stereocenters. The zero-order chi connectivity index (χ0) is 2.71. The third-order valence-corrected chi connectivity index (χ3v) is 0. The van der Waals surface area contributed by atoms with Crippen molar-refractivity contribution in [3.05, 3.63) is 12.7 Å². The quantitative estimate of drug-likeness (QED) is 0.294. The van der Waals surface area contributed by atoms with Crippen LogP contribution in [0.15, 0.2) is 12.7 Å². The van der Waals surface area contributed by atoms with Crippen LogP contribution in [0.3, 0.4) is 0 Å². The number of hydrogen-bond donors (Lipinski definition) is 0. The molecule has 0 radical (unpaired) electrons. The van der Waals surface area contributed by atoms with Crippen molar-refractivity contribution in [2.45, 2.75) is 6.92 Å². The van der Waals surface area contributed by atoms with Gasteiger partial charge in [-0.1, -0.05) is 6.08 Å². The van der Waals surface area contributed by atoms with Crippen LogP contribution in [-0.4, -0.2) is 23.1 Å². The monoisotopic (exact) mass is 68.0 g/mol. The third kappa shape index (κ3) is 22.2. The molecule has 0 spiro atoms. The summed E-state index contributed by atoms with van der Waals surface area (Å²) in [5.41, 5.74) is 0. The van der Waals surface area contributed by atoms with Crippen LogP contribution < -0.4 is 0 Å². The molecule has 0 saturated heterocycles. The first-order valence-corrected chi connectivity index (χ1v) is 0.986. The van der Waals surface area contributed by atoms with Crippen LogP contribution in [0, 0.1) is 0 Å². The molecule has 0 aromatic carbocycles. The van der Waals surface area contributed by atoms with Crippen LogP contribution in [0.4, 0.5) is 0 Å². The molecule has 1 heteroatoms. The van der Waals surface area contributed by atoms with E-state index in [1.807, 2.05) is 6.92 Å². The zero-order valence-corrected chi connectivity index (χ0v) is 4.41. The van der Waals surface area contributed by atoms with Gasteiger partial charge in [0.25, 0.3) is 0 Å². The Morgan fingerprint density at radius 3 is 2.00 bits per heavy atom. The van der Waals surface area contributed by atoms with Crippen molar-refractivity contribution in [2.24, 2.45) is 0 Å². The van der Waals surface area contributed by atoms with Crippen LogP contribution in [0.1, 0.15) is 9.78 Å². The molecule has 0 atom stereocenters. The molecule has 0 nitrogen and oxygen atoms in total. The fourth-order valence-corrected chi connectivity index (χ4v) is 0. The third-order valence-electron chi connectivity index (χ3n) is 0. The molecule has 0 heterocycles. The van der Waals surface area contributed by atoms with E-state index in [1.165, 1.54) is 0 Å². The second-order valence-corrected chi connectivity index (χ2v) is 0.408. The second-order valence-electron chi connectivity index (χ2n) is 0.408. The zero-order valence-electron chi connectivity index (χ0n) is 4.99. The summed E-state index contributed by atoms with van der Waals surface area (Å²) in [5, 5.41) is 0. The predicted molar refractivity (Wildman–Crippen MR) is 23.8 cm³/mol. The molecule has 0 saturated carbocycles. The summed E-state index contributed by atoms with van der Waals surface area (Å²) in [4.78, 5) is 0. The first kappa shape index (κ1) is 8.82. The van der Waals surface area contributed by atoms with E-state index in [4.69, 9.17) is 0 Å². The molecule has 0 bridgehead atoms. The van der Waals surface area contributed by atoms with Crippen molar-refractivity contribution in [1.82, 2.24) is 0 Å². The largest absolute Gasteiger partial charge is 2.00 e. The van der Waals surface area contributed by atoms with E-state index in [9.17, 15) is 0 Å². The van der Waals surface area contributed by atoms with Crippen LogP contribution in [0.2, 0.25) is 0 Å². The minimum absolute atomic E-state index is 0. The van der Waals surface area contributed by atoms with Gasteiger partial charge in [-0.15, -0.1) is 6.58 Å². The molecule has 4 heavy (non-hydrogen) atoms. The number of allylic oxidation sites excluding steroid dienone is 1. The molecule has 0 N–H and O–H groups in total. The molecular weight excluding hydrogens is 60.3 g/mol. The molecule has 0 aliphatic carbocycles. The van der Waals surface area contributed by atoms with Crippen molar-refractivity contribution in [1.29, 1.82) is 0 Å². The molecule has 22 valence electrons. The summed E-state index contributed by atoms with van der Waals surface area (Å²) in [5.74, 6) is 0. The average Bonchev–Trinajstić information content (AvgIpc) is 0.918. The van der Waals surface area contributed by atoms with Crippen LogP contribution in [0.5, 0.6) is 0 Å². The number of rotatable bonds is 0. The summed E-state index contributed by atoms with van der Waals surface area (Å²) >= 11 is 0. The summed E-state index contributed by atoms with van der Waals surface area (Å²) in [6.07, 6.45) is 1.75. The normalized spacial score (nSPS) is 3.25. The van der Waals surface area contributed by atoms with E-state index in [2.05, 4.69) is 6.58 Å². The molecule has 0 aromatic heterocycles. The van der Waals surface area contributed by atoms with Gasteiger partial charge in [-0.05, 0) is 6.92 Å². The Kier molecular flexibility index (Phi) is 21.4. The van der Waals surface area contributed by atoms with E-state index in [0.29, 0.717) is 0 Å². The van der Waals surface area contributed by atoms with Gasteiger partial charge in [0.15, 0.2) is 0 Å². The summed E-state index contributed by atoms with van der Waals surface area (Å²) in [6, 6.07) is 0. The molecule has 0 aliphatic rings. The Morgan fingerprint density at radius 2 is 2.00 bits per heavy atom. The van der Waals surface area contributed by atoms with Gasteiger partial charge in [0, 0.05) is 0 Å². The molecule has 0 rings (SSSR count). The summed E-state index contributed by atoms with van der Waals surface area (Å²) in [6.45, 7) is 5.25. The van der Waals surface area contributed by atoms with Crippen LogP contribution in [-0.2, 0) is 0 Å². The van der Waals surface area contributed by atoms with Gasteiger partial charge in [-0.3, -0.25) is 0 Å². The molecule has 0 aromatic rings. The minimum atomic E-state index is 0. The Balaban J connectivity index is -0.00000000667. The maximum Gasteiger partial charge on any atom is 2.00 e. The summed E-state index contributed by atoms with van der Waals surface area (Å²) in [7, 11) is 0. The molecule has 0 amide bonds. The van der Waals surface area contributed by atoms with Gasteiger partial charge in [0.05, 0.1) is 0 Å². The SMILES string of the molecule is C=CC.[H-].[H-].[Mg+2]. The van der Waals surface area contributed by atoms with Gasteiger partial charge in [-0.2, -0.15) is 0 Å². The van der Waals surface area contributed by atoms with Crippen molar-refractivity contribution < 1.29 is 2.85 Å². The van der Waals surface area contributed by atoms with Crippen molar-refractivity contribution in [3.63, 3.8) is 0 Å². The van der Waals surface area contributed by atoms with Gasteiger partial charge in [-0.25, -0.2) is 0 Å². The molecule has 0 fully saturated rings. The van der Waals surface area contributed by atoms with Gasteiger partial charge < -0.3 is 2.85 Å². The minimum Gasteiger partial charge on any atom is -1.00 e. The van der Waals surface area contributed by atoms with Crippen molar-refractivity contribution in [2.75, 3.05) is 0 Å². The predicted octanol–water partition coefficient (Wildman–Crippen LogP) is 1.04. The Morgan fingerprint density at radius 1 is 2.00 bits per heavy atom. The van der Waals surface area contributed by atoms with E-state index < -0.39 is 0 Å². The van der Waals surface area contributed by atoms with E-state index in [-0.39, 0.29) is 25.9 Å². The van der Waals surface area contributed by atoms with Crippen molar-refractivity contribution >= 4 is 23.1 Å². The first-order chi connectivity index (χ1) is 1.41. The van der Waals surface area contributed by atoms with Gasteiger partial charge in [0.1, 0.15) is 0 Å². The van der Waals surface area contributed by atoms with E-state index in [1.54, 1.807) is 6.08 Å². The smallest absolute Gasteiger partial charge is 1.00 e. The molecular formula is C3H8Mg. The first-order valence-electron chi connectivity index (χ1n) is 0.986. The standard InChI is InChI=1S/C3H6.Mg.2H/c1-3-2;;;/h3H,1H2,2H3;;;/q;+2;2*-1. The fraction of sp³-hybridized carbons (Fsp3) is 0.333. The fourth-order valence-electron chi connectivity index (χ4n) is 0. The second kappa shape index (κ2) is 9.71. The Bertz CT molecular complexity index is 16.3. The number of hydrogen-bond acceptors (Lipinski definition) is 0. The van der Waals surface area contributed by atoms with E-state index in [0.717, 1.165) is 0 Å². The Hall–Kier alpha value is 0.506. The average molecular weight is 68.4 g/mol. The van der Waals surface area contributed by atoms with Crippen LogP contribution in [0.25, 0.3) is 0 Å². The van der Waals surface area contributed by atoms with Gasteiger partial charge >= 0.3 is 23.1 Å². The Labute approximate surface area is 46.0 Å².